The van der Waals surface area contributed by atoms with Crippen LogP contribution in [-0.2, 0) is 15.8 Å². The number of ether oxygens (including phenoxy) is 1. The van der Waals surface area contributed by atoms with E-state index in [9.17, 15) is 0 Å². The van der Waals surface area contributed by atoms with Gasteiger partial charge in [-0.3, -0.25) is 0 Å². The molecule has 0 spiro atoms. The highest BCUT2D eigenvalue weighted by molar-refractivity contribution is 6.69. The van der Waals surface area contributed by atoms with E-state index >= 15 is 0 Å². The van der Waals surface area contributed by atoms with Crippen molar-refractivity contribution in [3.8, 4) is 0 Å². The van der Waals surface area contributed by atoms with Crippen molar-refractivity contribution in [2.75, 3.05) is 0 Å². The summed E-state index contributed by atoms with van der Waals surface area (Å²) in [5.41, 5.74) is 1.20. The Balaban J connectivity index is 2.20. The van der Waals surface area contributed by atoms with E-state index < -0.39 is 14.1 Å². The highest BCUT2D eigenvalue weighted by Gasteiger charge is 2.43. The molecule has 1 fully saturated rings. The highest BCUT2D eigenvalue weighted by atomic mass is 28.4. The first-order chi connectivity index (χ1) is 11.0. The van der Waals surface area contributed by atoms with Crippen molar-refractivity contribution >= 4 is 8.32 Å². The van der Waals surface area contributed by atoms with Crippen LogP contribution in [0.3, 0.4) is 0 Å². The van der Waals surface area contributed by atoms with E-state index in [-0.39, 0.29) is 0 Å². The van der Waals surface area contributed by atoms with Crippen molar-refractivity contribution < 1.29 is 9.16 Å². The maximum absolute atomic E-state index is 6.67. The molecule has 1 aliphatic rings. The van der Waals surface area contributed by atoms with Crippen molar-refractivity contribution in [2.45, 2.75) is 70.6 Å². The smallest absolute Gasteiger partial charge is 0.187 e. The molecule has 1 aliphatic carbocycles. The van der Waals surface area contributed by atoms with Crippen LogP contribution in [0.5, 0.6) is 0 Å². The number of hydrogen-bond acceptors (Lipinski definition) is 2. The van der Waals surface area contributed by atoms with E-state index in [4.69, 9.17) is 9.16 Å². The van der Waals surface area contributed by atoms with Gasteiger partial charge in [-0.1, -0.05) is 55.7 Å². The van der Waals surface area contributed by atoms with Gasteiger partial charge in [-0.05, 0) is 38.0 Å². The molecule has 2 nitrogen and oxygen atoms in total. The molecule has 0 radical (unpaired) electrons. The molecule has 0 amide bonds. The third kappa shape index (κ3) is 5.59. The molecular weight excluding hydrogens is 300 g/mol. The molecule has 2 rings (SSSR count). The maximum Gasteiger partial charge on any atom is 0.187 e. The molecule has 23 heavy (non-hydrogen) atoms. The lowest BCUT2D eigenvalue weighted by molar-refractivity contribution is -0.233. The Bertz CT molecular complexity index is 474. The minimum absolute atomic E-state index is 0.477. The van der Waals surface area contributed by atoms with Gasteiger partial charge in [0.1, 0.15) is 0 Å². The monoisotopic (exact) mass is 332 g/mol. The molecule has 0 aromatic heterocycles. The number of hydrogen-bond donors (Lipinski definition) is 0. The molecule has 0 saturated heterocycles. The topological polar surface area (TPSA) is 18.5 Å². The fourth-order valence-corrected chi connectivity index (χ4v) is 4.89. The van der Waals surface area contributed by atoms with Gasteiger partial charge in [-0.15, -0.1) is 6.58 Å². The molecule has 1 aromatic carbocycles. The van der Waals surface area contributed by atoms with Gasteiger partial charge >= 0.3 is 0 Å². The van der Waals surface area contributed by atoms with Gasteiger partial charge in [0, 0.05) is 12.3 Å². The summed E-state index contributed by atoms with van der Waals surface area (Å²) in [6.45, 7) is 11.3. The van der Waals surface area contributed by atoms with E-state index in [2.05, 4.69) is 50.5 Å². The van der Waals surface area contributed by atoms with Crippen LogP contribution in [0.15, 0.2) is 43.0 Å². The van der Waals surface area contributed by atoms with Crippen LogP contribution in [0.25, 0.3) is 0 Å². The van der Waals surface area contributed by atoms with E-state index in [1.807, 2.05) is 12.1 Å². The predicted octanol–water partition coefficient (Wildman–Crippen LogP) is 5.91. The summed E-state index contributed by atoms with van der Waals surface area (Å²) in [5, 5.41) is 0. The van der Waals surface area contributed by atoms with E-state index in [1.165, 1.54) is 37.7 Å². The van der Waals surface area contributed by atoms with Crippen LogP contribution in [0.2, 0.25) is 19.6 Å². The first-order valence-electron chi connectivity index (χ1n) is 8.94. The zero-order valence-corrected chi connectivity index (χ0v) is 16.0. The summed E-state index contributed by atoms with van der Waals surface area (Å²) < 4.78 is 13.2. The Kier molecular flexibility index (Phi) is 6.63. The lowest BCUT2D eigenvalue weighted by atomic mass is 9.81. The van der Waals surface area contributed by atoms with Gasteiger partial charge in [0.05, 0.1) is 6.61 Å². The molecule has 0 bridgehead atoms. The van der Waals surface area contributed by atoms with E-state index in [0.29, 0.717) is 12.5 Å². The van der Waals surface area contributed by atoms with Gasteiger partial charge in [0.2, 0.25) is 0 Å². The summed E-state index contributed by atoms with van der Waals surface area (Å²) in [7, 11) is -1.72. The van der Waals surface area contributed by atoms with Gasteiger partial charge in [-0.2, -0.15) is 0 Å². The summed E-state index contributed by atoms with van der Waals surface area (Å²) in [4.78, 5) is 0. The summed E-state index contributed by atoms with van der Waals surface area (Å²) in [5.74, 6) is -0.0210. The minimum Gasteiger partial charge on any atom is -0.390 e. The second-order valence-corrected chi connectivity index (χ2v) is 12.1. The number of benzene rings is 1. The lowest BCUT2D eigenvalue weighted by Crippen LogP contribution is -2.50. The summed E-state index contributed by atoms with van der Waals surface area (Å²) >= 11 is 0. The summed E-state index contributed by atoms with van der Waals surface area (Å²) in [6.07, 6.45) is 9.06. The Hall–Kier alpha value is -0.903. The van der Waals surface area contributed by atoms with E-state index in [1.54, 1.807) is 0 Å². The predicted molar refractivity (Wildman–Crippen MR) is 99.8 cm³/mol. The Morgan fingerprint density at radius 2 is 1.78 bits per heavy atom. The second-order valence-electron chi connectivity index (χ2n) is 7.63. The van der Waals surface area contributed by atoms with Crippen LogP contribution in [0.4, 0.5) is 0 Å². The Morgan fingerprint density at radius 1 is 1.13 bits per heavy atom. The maximum atomic E-state index is 6.67. The van der Waals surface area contributed by atoms with Crippen molar-refractivity contribution in [3.05, 3.63) is 48.6 Å². The highest BCUT2D eigenvalue weighted by Crippen LogP contribution is 2.41. The van der Waals surface area contributed by atoms with Crippen molar-refractivity contribution in [1.82, 2.24) is 0 Å². The van der Waals surface area contributed by atoms with Crippen LogP contribution in [0, 0.1) is 5.92 Å². The van der Waals surface area contributed by atoms with Crippen LogP contribution in [0.1, 0.15) is 44.1 Å². The van der Waals surface area contributed by atoms with Crippen molar-refractivity contribution in [2.24, 2.45) is 5.92 Å². The molecule has 1 unspecified atom stereocenters. The quantitative estimate of drug-likeness (QED) is 0.335. The molecule has 128 valence electrons. The van der Waals surface area contributed by atoms with Crippen molar-refractivity contribution in [1.29, 1.82) is 0 Å². The van der Waals surface area contributed by atoms with Gasteiger partial charge in [0.25, 0.3) is 0 Å². The van der Waals surface area contributed by atoms with Crippen LogP contribution < -0.4 is 0 Å². The van der Waals surface area contributed by atoms with Gasteiger partial charge in [-0.25, -0.2) is 0 Å². The first kappa shape index (κ1) is 18.4. The van der Waals surface area contributed by atoms with Gasteiger partial charge < -0.3 is 9.16 Å². The lowest BCUT2D eigenvalue weighted by Gasteiger charge is -2.45. The molecule has 1 aromatic rings. The average Bonchev–Trinajstić information content (AvgIpc) is 2.53. The zero-order valence-electron chi connectivity index (χ0n) is 15.0. The zero-order chi connectivity index (χ0) is 16.8. The third-order valence-corrected chi connectivity index (χ3v) is 5.42. The second kappa shape index (κ2) is 8.27. The largest absolute Gasteiger partial charge is 0.390 e. The SMILES string of the molecule is C=CCC(OCc1ccccc1)(O[Si](C)(C)C)C1CCCCC1. The minimum atomic E-state index is -1.72. The molecular formula is C20H32O2Si. The molecule has 0 N–H and O–H groups in total. The normalized spacial score (nSPS) is 19.3. The average molecular weight is 333 g/mol. The Labute approximate surface area is 143 Å². The molecule has 0 heterocycles. The first-order valence-corrected chi connectivity index (χ1v) is 12.3. The van der Waals surface area contributed by atoms with Crippen LogP contribution >= 0.6 is 0 Å². The molecule has 1 atom stereocenters. The molecule has 3 heteroatoms. The van der Waals surface area contributed by atoms with E-state index in [0.717, 1.165) is 6.42 Å². The van der Waals surface area contributed by atoms with Gasteiger partial charge in [0.15, 0.2) is 14.1 Å². The molecule has 1 saturated carbocycles. The standard InChI is InChI=1S/C20H32O2Si/c1-5-16-20(22-23(2,3)4,19-14-10-7-11-15-19)21-17-18-12-8-6-9-13-18/h5-6,8-9,12-13,19H,1,7,10-11,14-17H2,2-4H3. The van der Waals surface area contributed by atoms with Crippen molar-refractivity contribution in [3.63, 3.8) is 0 Å². The Morgan fingerprint density at radius 3 is 2.35 bits per heavy atom. The fourth-order valence-electron chi connectivity index (χ4n) is 3.54. The molecule has 0 aliphatic heterocycles. The van der Waals surface area contributed by atoms with Crippen LogP contribution in [-0.4, -0.2) is 14.1 Å². The fraction of sp³-hybridized carbons (Fsp3) is 0.600. The number of rotatable bonds is 8. The third-order valence-electron chi connectivity index (χ3n) is 4.46. The summed E-state index contributed by atoms with van der Waals surface area (Å²) in [6, 6.07) is 10.4.